The minimum absolute atomic E-state index is 0.0297. The lowest BCUT2D eigenvalue weighted by molar-refractivity contribution is -0.117. The summed E-state index contributed by atoms with van der Waals surface area (Å²) in [6.07, 6.45) is 2.99. The Labute approximate surface area is 91.1 Å². The molecule has 3 heteroatoms. The van der Waals surface area contributed by atoms with E-state index in [1.807, 2.05) is 13.8 Å². The molecule has 0 unspecified atom stereocenters. The Balaban J connectivity index is 2.79. The van der Waals surface area contributed by atoms with Gasteiger partial charge in [0.15, 0.2) is 5.78 Å². The molecule has 1 rings (SSSR count). The molecule has 0 bridgehead atoms. The van der Waals surface area contributed by atoms with Crippen molar-refractivity contribution in [2.45, 2.75) is 39.5 Å². The van der Waals surface area contributed by atoms with Gasteiger partial charge in [-0.3, -0.25) is 4.79 Å². The van der Waals surface area contributed by atoms with Crippen molar-refractivity contribution >= 4 is 5.78 Å². The van der Waals surface area contributed by atoms with Gasteiger partial charge in [-0.25, -0.2) is 0 Å². The summed E-state index contributed by atoms with van der Waals surface area (Å²) in [4.78, 5) is 11.8. The van der Waals surface area contributed by atoms with Crippen molar-refractivity contribution in [1.29, 1.82) is 0 Å². The normalized spacial score (nSPS) is 20.5. The van der Waals surface area contributed by atoms with Crippen molar-refractivity contribution in [2.24, 2.45) is 5.41 Å². The van der Waals surface area contributed by atoms with Crippen LogP contribution in [0.3, 0.4) is 0 Å². The predicted octanol–water partition coefficient (Wildman–Crippen LogP) is 2.61. The lowest BCUT2D eigenvalue weighted by Crippen LogP contribution is -2.24. The zero-order chi connectivity index (χ0) is 11.5. The zero-order valence-electron chi connectivity index (χ0n) is 9.80. The maximum absolute atomic E-state index is 11.8. The molecule has 1 aliphatic rings. The van der Waals surface area contributed by atoms with E-state index in [4.69, 9.17) is 4.74 Å². The quantitative estimate of drug-likeness (QED) is 0.779. The van der Waals surface area contributed by atoms with Gasteiger partial charge in [0.25, 0.3) is 0 Å². The second-order valence-electron chi connectivity index (χ2n) is 4.73. The lowest BCUT2D eigenvalue weighted by Gasteiger charge is -2.30. The van der Waals surface area contributed by atoms with E-state index >= 15 is 0 Å². The smallest absolute Gasteiger partial charge is 0.164 e. The molecule has 1 aliphatic carbocycles. The second kappa shape index (κ2) is 4.79. The highest BCUT2D eigenvalue weighted by Crippen LogP contribution is 2.38. The first-order chi connectivity index (χ1) is 6.99. The Morgan fingerprint density at radius 3 is 2.80 bits per heavy atom. The van der Waals surface area contributed by atoms with Crippen molar-refractivity contribution in [3.8, 4) is 0 Å². The predicted molar refractivity (Wildman–Crippen MR) is 58.8 cm³/mol. The van der Waals surface area contributed by atoms with E-state index in [2.05, 4.69) is 0 Å². The Bertz CT molecular complexity index is 277. The van der Waals surface area contributed by atoms with Gasteiger partial charge in [-0.1, -0.05) is 13.8 Å². The van der Waals surface area contributed by atoms with E-state index in [0.717, 1.165) is 12.8 Å². The molecule has 0 saturated carbocycles. The fourth-order valence-electron chi connectivity index (χ4n) is 1.97. The third-order valence-corrected chi connectivity index (χ3v) is 3.03. The number of carbonyl (C=O) groups is 1. The van der Waals surface area contributed by atoms with Crippen molar-refractivity contribution in [1.82, 2.24) is 0 Å². The molecule has 0 aromatic rings. The highest BCUT2D eigenvalue weighted by molar-refractivity contribution is 5.96. The first kappa shape index (κ1) is 12.2. The van der Waals surface area contributed by atoms with Gasteiger partial charge in [-0.05, 0) is 19.3 Å². The fraction of sp³-hybridized carbons (Fsp3) is 0.750. The largest absolute Gasteiger partial charge is 0.511 e. The summed E-state index contributed by atoms with van der Waals surface area (Å²) in [5.41, 5.74) is 0.374. The van der Waals surface area contributed by atoms with Crippen LogP contribution in [-0.2, 0) is 9.53 Å². The lowest BCUT2D eigenvalue weighted by atomic mass is 9.76. The average Bonchev–Trinajstić information content (AvgIpc) is 2.18. The first-order valence-corrected chi connectivity index (χ1v) is 5.44. The van der Waals surface area contributed by atoms with Gasteiger partial charge < -0.3 is 9.84 Å². The van der Waals surface area contributed by atoms with Crippen LogP contribution in [0.4, 0.5) is 0 Å². The van der Waals surface area contributed by atoms with Crippen molar-refractivity contribution in [2.75, 3.05) is 13.7 Å². The molecular weight excluding hydrogens is 192 g/mol. The number of ether oxygens (including phenoxy) is 1. The molecule has 0 heterocycles. The maximum atomic E-state index is 11.8. The third-order valence-electron chi connectivity index (χ3n) is 3.03. The minimum atomic E-state index is -0.240. The number of aliphatic hydroxyl groups is 1. The van der Waals surface area contributed by atoms with Gasteiger partial charge in [0, 0.05) is 24.5 Å². The van der Waals surface area contributed by atoms with E-state index in [1.54, 1.807) is 7.11 Å². The zero-order valence-corrected chi connectivity index (χ0v) is 9.80. The number of methoxy groups -OCH3 is 1. The number of carbonyl (C=O) groups excluding carboxylic acids is 1. The van der Waals surface area contributed by atoms with E-state index in [0.29, 0.717) is 25.0 Å². The number of hydrogen-bond donors (Lipinski definition) is 1. The topological polar surface area (TPSA) is 46.5 Å². The van der Waals surface area contributed by atoms with Crippen LogP contribution in [0.2, 0.25) is 0 Å². The van der Waals surface area contributed by atoms with Crippen LogP contribution in [0.5, 0.6) is 0 Å². The monoisotopic (exact) mass is 212 g/mol. The van der Waals surface area contributed by atoms with Crippen molar-refractivity contribution in [3.05, 3.63) is 11.3 Å². The van der Waals surface area contributed by atoms with E-state index in [1.165, 1.54) is 0 Å². The van der Waals surface area contributed by atoms with Crippen LogP contribution in [0, 0.1) is 5.41 Å². The molecule has 1 N–H and O–H groups in total. The summed E-state index contributed by atoms with van der Waals surface area (Å²) in [5, 5.41) is 9.98. The molecule has 0 radical (unpaired) electrons. The molecule has 3 nitrogen and oxygen atoms in total. The highest BCUT2D eigenvalue weighted by atomic mass is 16.5. The number of Topliss-reactive ketones (excluding diaryl/α,β-unsaturated/α-hetero) is 1. The molecule has 0 saturated heterocycles. The fourth-order valence-corrected chi connectivity index (χ4v) is 1.97. The van der Waals surface area contributed by atoms with E-state index < -0.39 is 0 Å². The summed E-state index contributed by atoms with van der Waals surface area (Å²) in [7, 11) is 1.58. The van der Waals surface area contributed by atoms with E-state index in [-0.39, 0.29) is 17.0 Å². The van der Waals surface area contributed by atoms with E-state index in [9.17, 15) is 9.90 Å². The summed E-state index contributed by atoms with van der Waals surface area (Å²) < 4.78 is 4.87. The summed E-state index contributed by atoms with van der Waals surface area (Å²) in [6, 6.07) is 0. The molecular formula is C12H20O3. The summed E-state index contributed by atoms with van der Waals surface area (Å²) in [5.74, 6) is 0.317. The Morgan fingerprint density at radius 1 is 1.53 bits per heavy atom. The van der Waals surface area contributed by atoms with Crippen molar-refractivity contribution in [3.63, 3.8) is 0 Å². The number of hydrogen-bond acceptors (Lipinski definition) is 3. The van der Waals surface area contributed by atoms with Crippen LogP contribution < -0.4 is 0 Å². The summed E-state index contributed by atoms with van der Waals surface area (Å²) >= 11 is 0. The van der Waals surface area contributed by atoms with Crippen LogP contribution >= 0.6 is 0 Å². The second-order valence-corrected chi connectivity index (χ2v) is 4.73. The Morgan fingerprint density at radius 2 is 2.20 bits per heavy atom. The van der Waals surface area contributed by atoms with Crippen LogP contribution in [0.15, 0.2) is 11.3 Å². The number of allylic oxidation sites excluding steroid dienone is 2. The van der Waals surface area contributed by atoms with Gasteiger partial charge in [0.05, 0.1) is 6.61 Å². The van der Waals surface area contributed by atoms with Gasteiger partial charge in [0.2, 0.25) is 0 Å². The summed E-state index contributed by atoms with van der Waals surface area (Å²) in [6.45, 7) is 4.38. The number of aliphatic hydroxyl groups excluding tert-OH is 1. The molecule has 0 aliphatic heterocycles. The molecule has 0 aromatic heterocycles. The maximum Gasteiger partial charge on any atom is 0.164 e. The van der Waals surface area contributed by atoms with Crippen LogP contribution in [0.25, 0.3) is 0 Å². The molecule has 0 atom stereocenters. The molecule has 0 fully saturated rings. The minimum Gasteiger partial charge on any atom is -0.511 e. The average molecular weight is 212 g/mol. The third kappa shape index (κ3) is 2.81. The number of ketones is 1. The van der Waals surface area contributed by atoms with Crippen LogP contribution in [-0.4, -0.2) is 24.6 Å². The van der Waals surface area contributed by atoms with Crippen LogP contribution in [0.1, 0.15) is 39.5 Å². The first-order valence-electron chi connectivity index (χ1n) is 5.44. The molecule has 0 aromatic carbocycles. The molecule has 15 heavy (non-hydrogen) atoms. The van der Waals surface area contributed by atoms with Gasteiger partial charge in [-0.15, -0.1) is 0 Å². The SMILES string of the molecule is COCCC(=O)C1=C(O)C(C)(C)CCC1. The molecule has 86 valence electrons. The van der Waals surface area contributed by atoms with Gasteiger partial charge in [0.1, 0.15) is 5.76 Å². The van der Waals surface area contributed by atoms with Gasteiger partial charge in [-0.2, -0.15) is 0 Å². The molecule has 0 spiro atoms. The Kier molecular flexibility index (Phi) is 3.91. The standard InChI is InChI=1S/C12H20O3/c1-12(2)7-4-5-9(11(12)14)10(13)6-8-15-3/h14H,4-8H2,1-3H3. The van der Waals surface area contributed by atoms with Gasteiger partial charge >= 0.3 is 0 Å². The Hall–Kier alpha value is -0.830. The van der Waals surface area contributed by atoms with Crippen molar-refractivity contribution < 1.29 is 14.6 Å². The number of rotatable bonds is 4. The molecule has 0 amide bonds. The highest BCUT2D eigenvalue weighted by Gasteiger charge is 2.32.